The molecule has 0 radical (unpaired) electrons. The fourth-order valence-electron chi connectivity index (χ4n) is 2.22. The Morgan fingerprint density at radius 1 is 1.11 bits per heavy atom. The molecule has 0 unspecified atom stereocenters. The lowest BCUT2D eigenvalue weighted by Crippen LogP contribution is -2.23. The molecular formula is C19H14F3N3O2S. The number of ether oxygens (including phenoxy) is 1. The second-order valence-corrected chi connectivity index (χ2v) is 6.46. The van der Waals surface area contributed by atoms with Crippen molar-refractivity contribution in [1.29, 1.82) is 0 Å². The van der Waals surface area contributed by atoms with E-state index in [2.05, 4.69) is 15.3 Å². The van der Waals surface area contributed by atoms with Crippen molar-refractivity contribution in [2.45, 2.75) is 17.3 Å². The van der Waals surface area contributed by atoms with Gasteiger partial charge in [-0.05, 0) is 53.7 Å². The van der Waals surface area contributed by atoms with Crippen LogP contribution in [0.2, 0.25) is 0 Å². The van der Waals surface area contributed by atoms with Crippen LogP contribution < -0.4 is 10.1 Å². The van der Waals surface area contributed by atoms with E-state index in [4.69, 9.17) is 4.74 Å². The second kappa shape index (κ2) is 9.23. The van der Waals surface area contributed by atoms with Crippen LogP contribution in [0.4, 0.5) is 13.2 Å². The van der Waals surface area contributed by atoms with Crippen LogP contribution in [0.5, 0.6) is 11.6 Å². The summed E-state index contributed by atoms with van der Waals surface area (Å²) >= 11 is 0.221. The Bertz CT molecular complexity index is 938. The number of alkyl halides is 2. The van der Waals surface area contributed by atoms with Crippen LogP contribution in [0.1, 0.15) is 15.9 Å². The molecule has 2 aromatic heterocycles. The number of thioether (sulfide) groups is 1. The van der Waals surface area contributed by atoms with Crippen molar-refractivity contribution < 1.29 is 22.7 Å². The average Bonchev–Trinajstić information content (AvgIpc) is 2.69. The van der Waals surface area contributed by atoms with E-state index in [0.29, 0.717) is 17.2 Å². The van der Waals surface area contributed by atoms with E-state index < -0.39 is 11.7 Å². The summed E-state index contributed by atoms with van der Waals surface area (Å²) in [5, 5.41) is 2.61. The van der Waals surface area contributed by atoms with Crippen LogP contribution >= 0.6 is 11.8 Å². The molecule has 0 spiro atoms. The minimum atomic E-state index is -2.67. The summed E-state index contributed by atoms with van der Waals surface area (Å²) in [5.41, 5.74) is 0.767. The molecule has 9 heteroatoms. The zero-order valence-corrected chi connectivity index (χ0v) is 15.1. The van der Waals surface area contributed by atoms with Gasteiger partial charge in [0.2, 0.25) is 5.88 Å². The zero-order valence-electron chi connectivity index (χ0n) is 14.3. The Morgan fingerprint density at radius 3 is 2.57 bits per heavy atom. The Hall–Kier alpha value is -3.07. The maximum absolute atomic E-state index is 12.9. The number of aromatic nitrogens is 2. The molecule has 0 aliphatic rings. The number of hydrogen-bond donors (Lipinski definition) is 1. The van der Waals surface area contributed by atoms with Gasteiger partial charge in [-0.25, -0.2) is 14.4 Å². The van der Waals surface area contributed by atoms with E-state index >= 15 is 0 Å². The Morgan fingerprint density at radius 2 is 1.89 bits per heavy atom. The summed E-state index contributed by atoms with van der Waals surface area (Å²) in [6.07, 6.45) is 2.86. The molecule has 0 atom stereocenters. The summed E-state index contributed by atoms with van der Waals surface area (Å²) in [5.74, 6) is -2.79. The number of halogens is 3. The predicted molar refractivity (Wildman–Crippen MR) is 98.0 cm³/mol. The number of pyridine rings is 2. The van der Waals surface area contributed by atoms with E-state index in [1.54, 1.807) is 12.1 Å². The number of nitrogens with one attached hydrogen (secondary N) is 1. The molecule has 0 aliphatic carbocycles. The number of nitrogens with zero attached hydrogens (tertiary/aromatic N) is 2. The van der Waals surface area contributed by atoms with E-state index in [0.717, 1.165) is 0 Å². The van der Waals surface area contributed by atoms with Crippen molar-refractivity contribution in [3.8, 4) is 11.6 Å². The van der Waals surface area contributed by atoms with Crippen LogP contribution in [-0.2, 0) is 6.54 Å². The minimum absolute atomic E-state index is 0.0313. The molecule has 3 rings (SSSR count). The molecule has 5 nitrogen and oxygen atoms in total. The monoisotopic (exact) mass is 405 g/mol. The zero-order chi connectivity index (χ0) is 19.9. The molecule has 28 heavy (non-hydrogen) atoms. The van der Waals surface area contributed by atoms with Gasteiger partial charge in [0.05, 0.1) is 5.56 Å². The molecule has 2 heterocycles. The number of hydrogen-bond acceptors (Lipinski definition) is 5. The van der Waals surface area contributed by atoms with Gasteiger partial charge in [-0.2, -0.15) is 8.78 Å². The van der Waals surface area contributed by atoms with Gasteiger partial charge in [-0.15, -0.1) is 0 Å². The topological polar surface area (TPSA) is 64.1 Å². The van der Waals surface area contributed by atoms with E-state index in [9.17, 15) is 18.0 Å². The molecule has 0 fully saturated rings. The highest BCUT2D eigenvalue weighted by Crippen LogP contribution is 2.26. The summed E-state index contributed by atoms with van der Waals surface area (Å²) < 4.78 is 43.5. The SMILES string of the molecule is O=C(NCc1ccc(Oc2ccc(F)cc2)nc1)c1cccnc1SC(F)F. The fourth-order valence-corrected chi connectivity index (χ4v) is 2.80. The normalized spacial score (nSPS) is 10.7. The quantitative estimate of drug-likeness (QED) is 0.580. The largest absolute Gasteiger partial charge is 0.439 e. The number of rotatable bonds is 7. The first kappa shape index (κ1) is 19.7. The highest BCUT2D eigenvalue weighted by molar-refractivity contribution is 7.99. The fraction of sp³-hybridized carbons (Fsp3) is 0.105. The minimum Gasteiger partial charge on any atom is -0.439 e. The molecule has 144 valence electrons. The molecule has 1 N–H and O–H groups in total. The standard InChI is InChI=1S/C19H14F3N3O2S/c20-13-4-6-14(7-5-13)27-16-8-3-12(10-24-16)11-25-17(26)15-2-1-9-23-18(15)28-19(21)22/h1-10,19H,11H2,(H,25,26). The van der Waals surface area contributed by atoms with Crippen LogP contribution in [0.25, 0.3) is 0 Å². The van der Waals surface area contributed by atoms with Crippen molar-refractivity contribution in [1.82, 2.24) is 15.3 Å². The summed E-state index contributed by atoms with van der Waals surface area (Å²) in [4.78, 5) is 20.2. The van der Waals surface area contributed by atoms with Gasteiger partial charge in [0.15, 0.2) is 0 Å². The van der Waals surface area contributed by atoms with E-state index in [1.807, 2.05) is 0 Å². The lowest BCUT2D eigenvalue weighted by molar-refractivity contribution is 0.0947. The Labute approximate surface area is 163 Å². The van der Waals surface area contributed by atoms with Crippen LogP contribution in [0.3, 0.4) is 0 Å². The molecule has 0 bridgehead atoms. The maximum Gasteiger partial charge on any atom is 0.290 e. The Kier molecular flexibility index (Phi) is 6.49. The molecule has 3 aromatic rings. The third kappa shape index (κ3) is 5.46. The summed E-state index contributed by atoms with van der Waals surface area (Å²) in [6, 6.07) is 11.8. The number of carbonyl (C=O) groups excluding carboxylic acids is 1. The molecule has 0 aliphatic heterocycles. The van der Waals surface area contributed by atoms with Gasteiger partial charge in [0.1, 0.15) is 16.6 Å². The van der Waals surface area contributed by atoms with Gasteiger partial charge in [-0.1, -0.05) is 6.07 Å². The van der Waals surface area contributed by atoms with Gasteiger partial charge in [-0.3, -0.25) is 4.79 Å². The predicted octanol–water partition coefficient (Wildman–Crippen LogP) is 4.65. The Balaban J connectivity index is 1.59. The first-order valence-electron chi connectivity index (χ1n) is 8.07. The number of amides is 1. The van der Waals surface area contributed by atoms with Crippen LogP contribution in [-0.4, -0.2) is 21.6 Å². The lowest BCUT2D eigenvalue weighted by atomic mass is 10.2. The first-order chi connectivity index (χ1) is 13.5. The van der Waals surface area contributed by atoms with Crippen molar-refractivity contribution in [3.63, 3.8) is 0 Å². The number of benzene rings is 1. The second-order valence-electron chi connectivity index (χ2n) is 5.48. The van der Waals surface area contributed by atoms with Crippen molar-refractivity contribution in [2.24, 2.45) is 0 Å². The van der Waals surface area contributed by atoms with Crippen LogP contribution in [0.15, 0.2) is 66.0 Å². The molecular weight excluding hydrogens is 391 g/mol. The van der Waals surface area contributed by atoms with Gasteiger partial charge in [0.25, 0.3) is 11.7 Å². The third-order valence-electron chi connectivity index (χ3n) is 3.50. The summed E-state index contributed by atoms with van der Waals surface area (Å²) in [7, 11) is 0. The van der Waals surface area contributed by atoms with E-state index in [1.165, 1.54) is 48.8 Å². The lowest BCUT2D eigenvalue weighted by Gasteiger charge is -2.09. The maximum atomic E-state index is 12.9. The molecule has 1 aromatic carbocycles. The molecule has 0 saturated carbocycles. The smallest absolute Gasteiger partial charge is 0.290 e. The highest BCUT2D eigenvalue weighted by Gasteiger charge is 2.16. The van der Waals surface area contributed by atoms with E-state index in [-0.39, 0.29) is 34.7 Å². The molecule has 1 amide bonds. The van der Waals surface area contributed by atoms with Gasteiger partial charge >= 0.3 is 0 Å². The van der Waals surface area contributed by atoms with Crippen molar-refractivity contribution in [2.75, 3.05) is 0 Å². The molecule has 0 saturated heterocycles. The van der Waals surface area contributed by atoms with Crippen molar-refractivity contribution >= 4 is 17.7 Å². The first-order valence-corrected chi connectivity index (χ1v) is 8.95. The van der Waals surface area contributed by atoms with Gasteiger partial charge < -0.3 is 10.1 Å². The van der Waals surface area contributed by atoms with Crippen LogP contribution in [0, 0.1) is 5.82 Å². The van der Waals surface area contributed by atoms with Gasteiger partial charge in [0, 0.05) is 25.0 Å². The summed E-state index contributed by atoms with van der Waals surface area (Å²) in [6.45, 7) is 0.149. The highest BCUT2D eigenvalue weighted by atomic mass is 32.2. The third-order valence-corrected chi connectivity index (χ3v) is 4.23. The number of carbonyl (C=O) groups is 1. The average molecular weight is 405 g/mol. The van der Waals surface area contributed by atoms with Crippen molar-refractivity contribution in [3.05, 3.63) is 77.9 Å².